The Hall–Kier alpha value is -1.32. The third kappa shape index (κ3) is 2.87. The molecule has 1 aliphatic rings. The van der Waals surface area contributed by atoms with Gasteiger partial charge in [-0.2, -0.15) is 4.98 Å². The van der Waals surface area contributed by atoms with Crippen molar-refractivity contribution in [1.29, 1.82) is 0 Å². The van der Waals surface area contributed by atoms with E-state index >= 15 is 0 Å². The van der Waals surface area contributed by atoms with Crippen molar-refractivity contribution in [2.24, 2.45) is 5.92 Å². The zero-order valence-electron chi connectivity index (χ0n) is 11.0. The van der Waals surface area contributed by atoms with Gasteiger partial charge in [0.05, 0.1) is 0 Å². The van der Waals surface area contributed by atoms with Crippen LogP contribution in [0, 0.1) is 19.8 Å². The minimum absolute atomic E-state index is 0.507. The fraction of sp³-hybridized carbons (Fsp3) is 0.692. The first-order valence-electron chi connectivity index (χ1n) is 6.43. The number of hydrogen-bond donors (Lipinski definition) is 2. The molecule has 1 aliphatic carbocycles. The van der Waals surface area contributed by atoms with Crippen LogP contribution < -0.4 is 11.1 Å². The van der Waals surface area contributed by atoms with Gasteiger partial charge in [-0.1, -0.05) is 6.92 Å². The Kier molecular flexibility index (Phi) is 3.50. The number of aryl methyl sites for hydroxylation is 1. The Bertz CT molecular complexity index is 371. The lowest BCUT2D eigenvalue weighted by Gasteiger charge is -2.27. The summed E-state index contributed by atoms with van der Waals surface area (Å²) in [5.74, 6) is 2.13. The van der Waals surface area contributed by atoms with Crippen LogP contribution in [0.3, 0.4) is 0 Å². The SMILES string of the molecule is Cc1nc(N[C@H]2CC[C@H](C)CC2)nc(N)c1C. The lowest BCUT2D eigenvalue weighted by Crippen LogP contribution is -2.26. The molecule has 0 aliphatic heterocycles. The van der Waals surface area contributed by atoms with Crippen LogP contribution in [0.5, 0.6) is 0 Å². The highest BCUT2D eigenvalue weighted by Gasteiger charge is 2.19. The molecule has 0 radical (unpaired) electrons. The number of anilines is 2. The van der Waals surface area contributed by atoms with Crippen LogP contribution in [0.1, 0.15) is 43.9 Å². The summed E-state index contributed by atoms with van der Waals surface area (Å²) in [4.78, 5) is 8.75. The molecule has 17 heavy (non-hydrogen) atoms. The normalized spacial score (nSPS) is 24.6. The molecular formula is C13H22N4. The Morgan fingerprint density at radius 1 is 1.12 bits per heavy atom. The van der Waals surface area contributed by atoms with Crippen molar-refractivity contribution < 1.29 is 0 Å². The monoisotopic (exact) mass is 234 g/mol. The van der Waals surface area contributed by atoms with Gasteiger partial charge in [0.1, 0.15) is 5.82 Å². The maximum Gasteiger partial charge on any atom is 0.225 e. The van der Waals surface area contributed by atoms with E-state index in [0.717, 1.165) is 17.2 Å². The summed E-state index contributed by atoms with van der Waals surface area (Å²) < 4.78 is 0. The fourth-order valence-corrected chi connectivity index (χ4v) is 2.30. The second-order valence-corrected chi connectivity index (χ2v) is 5.24. The lowest BCUT2D eigenvalue weighted by molar-refractivity contribution is 0.360. The predicted molar refractivity (Wildman–Crippen MR) is 71.0 cm³/mol. The molecule has 0 spiro atoms. The summed E-state index contributed by atoms with van der Waals surface area (Å²) in [6.07, 6.45) is 4.99. The van der Waals surface area contributed by atoms with Crippen LogP contribution in [0.4, 0.5) is 11.8 Å². The van der Waals surface area contributed by atoms with E-state index < -0.39 is 0 Å². The molecule has 1 heterocycles. The zero-order chi connectivity index (χ0) is 12.4. The maximum atomic E-state index is 5.86. The van der Waals surface area contributed by atoms with E-state index in [0.29, 0.717) is 17.8 Å². The minimum Gasteiger partial charge on any atom is -0.383 e. The van der Waals surface area contributed by atoms with Crippen LogP contribution in [0.2, 0.25) is 0 Å². The van der Waals surface area contributed by atoms with Gasteiger partial charge in [0, 0.05) is 17.3 Å². The first-order chi connectivity index (χ1) is 8.06. The highest BCUT2D eigenvalue weighted by atomic mass is 15.1. The number of hydrogen-bond acceptors (Lipinski definition) is 4. The highest BCUT2D eigenvalue weighted by molar-refractivity contribution is 5.46. The Labute approximate surface area is 103 Å². The minimum atomic E-state index is 0.507. The zero-order valence-corrected chi connectivity index (χ0v) is 11.0. The molecule has 4 heteroatoms. The van der Waals surface area contributed by atoms with Gasteiger partial charge < -0.3 is 11.1 Å². The molecule has 1 aromatic heterocycles. The van der Waals surface area contributed by atoms with Crippen molar-refractivity contribution in [2.75, 3.05) is 11.1 Å². The third-order valence-corrected chi connectivity index (χ3v) is 3.78. The van der Waals surface area contributed by atoms with Gasteiger partial charge in [0.15, 0.2) is 0 Å². The van der Waals surface area contributed by atoms with Crippen LogP contribution in [-0.4, -0.2) is 16.0 Å². The Balaban J connectivity index is 2.04. The van der Waals surface area contributed by atoms with E-state index in [2.05, 4.69) is 22.2 Å². The smallest absolute Gasteiger partial charge is 0.225 e. The Morgan fingerprint density at radius 3 is 2.35 bits per heavy atom. The van der Waals surface area contributed by atoms with Crippen molar-refractivity contribution in [3.8, 4) is 0 Å². The summed E-state index contributed by atoms with van der Waals surface area (Å²) in [7, 11) is 0. The fourth-order valence-electron chi connectivity index (χ4n) is 2.30. The molecular weight excluding hydrogens is 212 g/mol. The van der Waals surface area contributed by atoms with Gasteiger partial charge >= 0.3 is 0 Å². The van der Waals surface area contributed by atoms with Crippen molar-refractivity contribution in [2.45, 2.75) is 52.5 Å². The van der Waals surface area contributed by atoms with Crippen molar-refractivity contribution in [3.05, 3.63) is 11.3 Å². The molecule has 3 N–H and O–H groups in total. The molecule has 1 saturated carbocycles. The van der Waals surface area contributed by atoms with Gasteiger partial charge in [-0.05, 0) is 45.4 Å². The van der Waals surface area contributed by atoms with Gasteiger partial charge in [-0.25, -0.2) is 4.98 Å². The van der Waals surface area contributed by atoms with Gasteiger partial charge in [-0.15, -0.1) is 0 Å². The second kappa shape index (κ2) is 4.90. The van der Waals surface area contributed by atoms with Crippen LogP contribution in [0.15, 0.2) is 0 Å². The first-order valence-corrected chi connectivity index (χ1v) is 6.43. The van der Waals surface area contributed by atoms with E-state index in [1.165, 1.54) is 25.7 Å². The van der Waals surface area contributed by atoms with Gasteiger partial charge in [0.2, 0.25) is 5.95 Å². The van der Waals surface area contributed by atoms with Crippen molar-refractivity contribution in [1.82, 2.24) is 9.97 Å². The number of nitrogens with one attached hydrogen (secondary N) is 1. The molecule has 1 aromatic rings. The van der Waals surface area contributed by atoms with E-state index in [-0.39, 0.29) is 0 Å². The molecule has 0 bridgehead atoms. The third-order valence-electron chi connectivity index (χ3n) is 3.78. The van der Waals surface area contributed by atoms with Crippen LogP contribution in [-0.2, 0) is 0 Å². The van der Waals surface area contributed by atoms with E-state index in [9.17, 15) is 0 Å². The topological polar surface area (TPSA) is 63.8 Å². The van der Waals surface area contributed by atoms with E-state index in [4.69, 9.17) is 5.73 Å². The molecule has 4 nitrogen and oxygen atoms in total. The summed E-state index contributed by atoms with van der Waals surface area (Å²) in [6.45, 7) is 6.25. The maximum absolute atomic E-state index is 5.86. The molecule has 0 unspecified atom stereocenters. The largest absolute Gasteiger partial charge is 0.383 e. The predicted octanol–water partition coefficient (Wildman–Crippen LogP) is 2.67. The molecule has 1 fully saturated rings. The van der Waals surface area contributed by atoms with Crippen molar-refractivity contribution >= 4 is 11.8 Å². The summed E-state index contributed by atoms with van der Waals surface area (Å²) in [6, 6.07) is 0.507. The number of nitrogen functional groups attached to an aromatic ring is 1. The summed E-state index contributed by atoms with van der Waals surface area (Å²) in [5, 5.41) is 3.41. The van der Waals surface area contributed by atoms with Crippen LogP contribution in [0.25, 0.3) is 0 Å². The number of aromatic nitrogens is 2. The molecule has 0 saturated heterocycles. The van der Waals surface area contributed by atoms with Gasteiger partial charge in [0.25, 0.3) is 0 Å². The molecule has 0 atom stereocenters. The molecule has 94 valence electrons. The quantitative estimate of drug-likeness (QED) is 0.825. The number of nitrogens with zero attached hydrogens (tertiary/aromatic N) is 2. The number of rotatable bonds is 2. The number of nitrogens with two attached hydrogens (primary N) is 1. The molecule has 0 amide bonds. The van der Waals surface area contributed by atoms with E-state index in [1.54, 1.807) is 0 Å². The standard InChI is InChI=1S/C13H22N4/c1-8-4-6-11(7-5-8)16-13-15-10(3)9(2)12(14)17-13/h8,11H,4-7H2,1-3H3,(H3,14,15,16,17)/t8-,11-. The van der Waals surface area contributed by atoms with Crippen LogP contribution >= 0.6 is 0 Å². The lowest BCUT2D eigenvalue weighted by atomic mass is 9.87. The summed E-state index contributed by atoms with van der Waals surface area (Å²) in [5.41, 5.74) is 7.80. The Morgan fingerprint density at radius 2 is 1.76 bits per heavy atom. The summed E-state index contributed by atoms with van der Waals surface area (Å²) >= 11 is 0. The first kappa shape index (κ1) is 12.1. The van der Waals surface area contributed by atoms with E-state index in [1.807, 2.05) is 13.8 Å². The van der Waals surface area contributed by atoms with Crippen molar-refractivity contribution in [3.63, 3.8) is 0 Å². The molecule has 0 aromatic carbocycles. The molecule has 2 rings (SSSR count). The average Bonchev–Trinajstić information content (AvgIpc) is 2.29. The second-order valence-electron chi connectivity index (χ2n) is 5.24. The van der Waals surface area contributed by atoms with Gasteiger partial charge in [-0.3, -0.25) is 0 Å². The average molecular weight is 234 g/mol. The highest BCUT2D eigenvalue weighted by Crippen LogP contribution is 2.25.